The molecule has 0 unspecified atom stereocenters. The molecule has 0 bridgehead atoms. The van der Waals surface area contributed by atoms with Crippen molar-refractivity contribution in [1.29, 1.82) is 0 Å². The van der Waals surface area contributed by atoms with Gasteiger partial charge in [-0.3, -0.25) is 4.79 Å². The summed E-state index contributed by atoms with van der Waals surface area (Å²) in [4.78, 5) is 22.1. The van der Waals surface area contributed by atoms with Gasteiger partial charge in [0.25, 0.3) is 5.78 Å². The lowest BCUT2D eigenvalue weighted by Gasteiger charge is -2.42. The Balaban J connectivity index is 2.18. The van der Waals surface area contributed by atoms with E-state index in [0.29, 0.717) is 29.8 Å². The van der Waals surface area contributed by atoms with Gasteiger partial charge in [-0.05, 0) is 13.8 Å². The van der Waals surface area contributed by atoms with Crippen molar-refractivity contribution in [2.45, 2.75) is 19.4 Å². The zero-order chi connectivity index (χ0) is 13.6. The molecule has 0 aromatic carbocycles. The van der Waals surface area contributed by atoms with E-state index in [0.717, 1.165) is 0 Å². The Bertz CT molecular complexity index is 652. The minimum absolute atomic E-state index is 0.0278. The van der Waals surface area contributed by atoms with Crippen LogP contribution in [-0.4, -0.2) is 44.1 Å². The number of piperazine rings is 1. The highest BCUT2D eigenvalue weighted by Crippen LogP contribution is 2.27. The highest BCUT2D eigenvalue weighted by molar-refractivity contribution is 6.29. The number of hydrogen-bond acceptors (Lipinski definition) is 5. The Morgan fingerprint density at radius 2 is 2.26 bits per heavy atom. The lowest BCUT2D eigenvalue weighted by atomic mass is 9.99. The number of aromatic nitrogens is 4. The third kappa shape index (κ3) is 1.81. The molecule has 2 aromatic rings. The maximum absolute atomic E-state index is 12.0. The summed E-state index contributed by atoms with van der Waals surface area (Å²) in [5.74, 6) is 1.11. The van der Waals surface area contributed by atoms with E-state index in [-0.39, 0.29) is 5.91 Å². The molecule has 0 saturated carbocycles. The van der Waals surface area contributed by atoms with Gasteiger partial charge in [-0.1, -0.05) is 11.6 Å². The normalized spacial score (nSPS) is 18.7. The van der Waals surface area contributed by atoms with Crippen molar-refractivity contribution in [1.82, 2.24) is 24.9 Å². The number of carbonyl (C=O) groups is 1. The summed E-state index contributed by atoms with van der Waals surface area (Å²) in [6.07, 6.45) is 1.42. The van der Waals surface area contributed by atoms with Crippen molar-refractivity contribution in [2.75, 3.05) is 18.0 Å². The molecule has 0 atom stereocenters. The van der Waals surface area contributed by atoms with Crippen molar-refractivity contribution in [3.8, 4) is 0 Å². The summed E-state index contributed by atoms with van der Waals surface area (Å²) in [5.41, 5.74) is -0.679. The van der Waals surface area contributed by atoms with Crippen LogP contribution in [0.2, 0.25) is 5.15 Å². The third-order valence-corrected chi connectivity index (χ3v) is 3.52. The summed E-state index contributed by atoms with van der Waals surface area (Å²) >= 11 is 6.01. The topological polar surface area (TPSA) is 75.4 Å². The van der Waals surface area contributed by atoms with Crippen LogP contribution in [0.25, 0.3) is 5.78 Å². The Morgan fingerprint density at radius 3 is 3.05 bits per heavy atom. The van der Waals surface area contributed by atoms with Gasteiger partial charge in [0.2, 0.25) is 5.91 Å². The molecule has 19 heavy (non-hydrogen) atoms. The minimum Gasteiger partial charge on any atom is -0.352 e. The predicted octanol–water partition coefficient (Wildman–Crippen LogP) is 0.492. The van der Waals surface area contributed by atoms with Gasteiger partial charge in [-0.2, -0.15) is 19.6 Å². The number of hydrogen-bond donors (Lipinski definition) is 1. The zero-order valence-electron chi connectivity index (χ0n) is 10.6. The molecular formula is C11H13ClN6O. The van der Waals surface area contributed by atoms with Gasteiger partial charge in [0.1, 0.15) is 22.8 Å². The average Bonchev–Trinajstić information content (AvgIpc) is 2.79. The van der Waals surface area contributed by atoms with E-state index in [1.54, 1.807) is 10.6 Å². The first-order valence-electron chi connectivity index (χ1n) is 5.92. The van der Waals surface area contributed by atoms with Gasteiger partial charge in [-0.15, -0.1) is 0 Å². The Labute approximate surface area is 114 Å². The van der Waals surface area contributed by atoms with Crippen LogP contribution >= 0.6 is 11.6 Å². The minimum atomic E-state index is -0.679. The van der Waals surface area contributed by atoms with Gasteiger partial charge in [0.15, 0.2) is 0 Å². The van der Waals surface area contributed by atoms with Gasteiger partial charge in [0.05, 0.1) is 0 Å². The summed E-state index contributed by atoms with van der Waals surface area (Å²) in [5, 5.41) is 7.32. The lowest BCUT2D eigenvalue weighted by molar-refractivity contribution is -0.126. The molecule has 3 heterocycles. The maximum Gasteiger partial charge on any atom is 0.255 e. The first-order chi connectivity index (χ1) is 9.00. The van der Waals surface area contributed by atoms with Crippen molar-refractivity contribution in [3.63, 3.8) is 0 Å². The molecular weight excluding hydrogens is 268 g/mol. The second kappa shape index (κ2) is 4.06. The number of anilines is 1. The number of carbonyl (C=O) groups excluding carboxylic acids is 1. The van der Waals surface area contributed by atoms with E-state index in [4.69, 9.17) is 11.6 Å². The average molecular weight is 281 g/mol. The van der Waals surface area contributed by atoms with Crippen LogP contribution in [0.5, 0.6) is 0 Å². The number of fused-ring (bicyclic) bond motifs is 1. The standard InChI is InChI=1S/C11H13ClN6O/c1-11(2)9(19)13-3-4-17(11)8-5-7(12)16-10-14-6-15-18(8)10/h5-6H,3-4H2,1-2H3,(H,13,19). The molecule has 1 saturated heterocycles. The number of halogens is 1. The molecule has 1 fully saturated rings. The molecule has 3 rings (SSSR count). The van der Waals surface area contributed by atoms with Crippen LogP contribution in [0.4, 0.5) is 5.82 Å². The fourth-order valence-corrected chi connectivity index (χ4v) is 2.43. The number of nitrogens with zero attached hydrogens (tertiary/aromatic N) is 5. The molecule has 1 N–H and O–H groups in total. The Morgan fingerprint density at radius 1 is 1.47 bits per heavy atom. The molecule has 7 nitrogen and oxygen atoms in total. The molecule has 2 aromatic heterocycles. The van der Waals surface area contributed by atoms with Crippen LogP contribution < -0.4 is 10.2 Å². The van der Waals surface area contributed by atoms with E-state index in [1.165, 1.54) is 6.33 Å². The summed E-state index contributed by atoms with van der Waals surface area (Å²) < 4.78 is 1.59. The zero-order valence-corrected chi connectivity index (χ0v) is 11.3. The second-order valence-electron chi connectivity index (χ2n) is 4.88. The first-order valence-corrected chi connectivity index (χ1v) is 6.30. The van der Waals surface area contributed by atoms with Gasteiger partial charge in [0, 0.05) is 19.2 Å². The molecule has 0 aliphatic carbocycles. The van der Waals surface area contributed by atoms with Crippen molar-refractivity contribution in [2.24, 2.45) is 0 Å². The summed E-state index contributed by atoms with van der Waals surface area (Å²) in [6, 6.07) is 1.70. The van der Waals surface area contributed by atoms with E-state index >= 15 is 0 Å². The second-order valence-corrected chi connectivity index (χ2v) is 5.26. The van der Waals surface area contributed by atoms with Crippen LogP contribution in [-0.2, 0) is 4.79 Å². The molecule has 0 radical (unpaired) electrons. The van der Waals surface area contributed by atoms with E-state index < -0.39 is 5.54 Å². The van der Waals surface area contributed by atoms with E-state index in [1.807, 2.05) is 18.7 Å². The number of nitrogens with one attached hydrogen (secondary N) is 1. The van der Waals surface area contributed by atoms with E-state index in [9.17, 15) is 4.79 Å². The van der Waals surface area contributed by atoms with E-state index in [2.05, 4.69) is 20.4 Å². The van der Waals surface area contributed by atoms with Crippen LogP contribution in [0, 0.1) is 0 Å². The SMILES string of the molecule is CC1(C)C(=O)NCCN1c1cc(Cl)nc2ncnn12. The largest absolute Gasteiger partial charge is 0.352 e. The Kier molecular flexibility index (Phi) is 2.60. The molecule has 1 amide bonds. The summed E-state index contributed by atoms with van der Waals surface area (Å²) in [6.45, 7) is 4.98. The van der Waals surface area contributed by atoms with Gasteiger partial charge >= 0.3 is 0 Å². The lowest BCUT2D eigenvalue weighted by Crippen LogP contribution is -2.62. The first kappa shape index (κ1) is 12.2. The molecule has 100 valence electrons. The fourth-order valence-electron chi connectivity index (χ4n) is 2.26. The number of rotatable bonds is 1. The van der Waals surface area contributed by atoms with Crippen molar-refractivity contribution < 1.29 is 4.79 Å². The Hall–Kier alpha value is -1.89. The highest BCUT2D eigenvalue weighted by atomic mass is 35.5. The fraction of sp³-hybridized carbons (Fsp3) is 0.455. The molecule has 1 aliphatic heterocycles. The van der Waals surface area contributed by atoms with Gasteiger partial charge in [-0.25, -0.2) is 0 Å². The predicted molar refractivity (Wildman–Crippen MR) is 70.2 cm³/mol. The van der Waals surface area contributed by atoms with Crippen LogP contribution in [0.3, 0.4) is 0 Å². The number of amides is 1. The quantitative estimate of drug-likeness (QED) is 0.770. The molecule has 0 spiro atoms. The van der Waals surface area contributed by atoms with Crippen molar-refractivity contribution >= 4 is 29.1 Å². The van der Waals surface area contributed by atoms with Crippen molar-refractivity contribution in [3.05, 3.63) is 17.5 Å². The monoisotopic (exact) mass is 280 g/mol. The van der Waals surface area contributed by atoms with Crippen LogP contribution in [0.1, 0.15) is 13.8 Å². The maximum atomic E-state index is 12.0. The summed E-state index contributed by atoms with van der Waals surface area (Å²) in [7, 11) is 0. The van der Waals surface area contributed by atoms with Crippen LogP contribution in [0.15, 0.2) is 12.4 Å². The molecule has 8 heteroatoms. The molecule has 1 aliphatic rings. The third-order valence-electron chi connectivity index (χ3n) is 3.33. The highest BCUT2D eigenvalue weighted by Gasteiger charge is 2.39. The van der Waals surface area contributed by atoms with Gasteiger partial charge < -0.3 is 10.2 Å². The smallest absolute Gasteiger partial charge is 0.255 e.